The fraction of sp³-hybridized carbons (Fsp3) is 0.400. The molecule has 6 nitrogen and oxygen atoms in total. The highest BCUT2D eigenvalue weighted by molar-refractivity contribution is 5.80. The molecule has 1 saturated heterocycles. The number of methoxy groups -OCH3 is 1. The number of nitrogens with one attached hydrogen (secondary N) is 1. The Labute approximate surface area is 153 Å². The number of rotatable bonds is 5. The first-order valence-electron chi connectivity index (χ1n) is 8.96. The van der Waals surface area contributed by atoms with Crippen LogP contribution >= 0.6 is 0 Å². The van der Waals surface area contributed by atoms with Crippen molar-refractivity contribution in [2.75, 3.05) is 33.3 Å². The number of ether oxygens (including phenoxy) is 1. The molecule has 0 bridgehead atoms. The molecule has 2 amide bonds. The van der Waals surface area contributed by atoms with Crippen LogP contribution in [0.4, 0.5) is 0 Å². The molecule has 1 aromatic heterocycles. The molecule has 0 unspecified atom stereocenters. The number of H-pyrrole nitrogens is 1. The molecule has 1 aliphatic heterocycles. The Morgan fingerprint density at radius 2 is 1.69 bits per heavy atom. The summed E-state index contributed by atoms with van der Waals surface area (Å²) >= 11 is 0. The highest BCUT2D eigenvalue weighted by Gasteiger charge is 2.22. The second kappa shape index (κ2) is 8.56. The highest BCUT2D eigenvalue weighted by Crippen LogP contribution is 2.15. The van der Waals surface area contributed by atoms with Gasteiger partial charge in [0.2, 0.25) is 11.8 Å². The molecule has 2 heterocycles. The number of aromatic nitrogens is 1. The molecule has 1 fully saturated rings. The minimum atomic E-state index is 0.0955. The van der Waals surface area contributed by atoms with Crippen LogP contribution in [-0.2, 0) is 22.4 Å². The molecule has 6 heteroatoms. The van der Waals surface area contributed by atoms with E-state index in [-0.39, 0.29) is 11.8 Å². The monoisotopic (exact) mass is 355 g/mol. The fourth-order valence-electron chi connectivity index (χ4n) is 3.24. The van der Waals surface area contributed by atoms with Gasteiger partial charge in [-0.05, 0) is 35.7 Å². The van der Waals surface area contributed by atoms with E-state index in [0.29, 0.717) is 39.0 Å². The Morgan fingerprint density at radius 3 is 2.31 bits per heavy atom. The zero-order valence-corrected chi connectivity index (χ0v) is 15.1. The van der Waals surface area contributed by atoms with Crippen molar-refractivity contribution in [2.45, 2.75) is 19.3 Å². The van der Waals surface area contributed by atoms with E-state index in [1.165, 1.54) is 0 Å². The topological polar surface area (TPSA) is 65.6 Å². The van der Waals surface area contributed by atoms with Gasteiger partial charge < -0.3 is 19.5 Å². The molecule has 26 heavy (non-hydrogen) atoms. The van der Waals surface area contributed by atoms with E-state index in [1.807, 2.05) is 52.5 Å². The lowest BCUT2D eigenvalue weighted by atomic mass is 10.1. The van der Waals surface area contributed by atoms with Gasteiger partial charge in [0.15, 0.2) is 0 Å². The molecule has 2 aromatic rings. The first kappa shape index (κ1) is 18.0. The highest BCUT2D eigenvalue weighted by atomic mass is 16.5. The maximum Gasteiger partial charge on any atom is 0.227 e. The zero-order chi connectivity index (χ0) is 18.4. The first-order valence-corrected chi connectivity index (χ1v) is 8.96. The number of carbonyl (C=O) groups excluding carboxylic acids is 2. The van der Waals surface area contributed by atoms with E-state index in [1.54, 1.807) is 7.11 Å². The van der Waals surface area contributed by atoms with E-state index in [4.69, 9.17) is 4.74 Å². The van der Waals surface area contributed by atoms with Crippen LogP contribution < -0.4 is 4.74 Å². The molecule has 0 saturated carbocycles. The molecule has 0 radical (unpaired) electrons. The van der Waals surface area contributed by atoms with Crippen LogP contribution in [0.15, 0.2) is 42.7 Å². The summed E-state index contributed by atoms with van der Waals surface area (Å²) in [4.78, 5) is 31.8. The third-order valence-electron chi connectivity index (χ3n) is 4.71. The summed E-state index contributed by atoms with van der Waals surface area (Å²) < 4.78 is 5.21. The van der Waals surface area contributed by atoms with Gasteiger partial charge in [0.25, 0.3) is 0 Å². The second-order valence-corrected chi connectivity index (χ2v) is 6.54. The first-order chi connectivity index (χ1) is 12.7. The summed E-state index contributed by atoms with van der Waals surface area (Å²) in [6, 6.07) is 9.51. The van der Waals surface area contributed by atoms with Gasteiger partial charge in [0, 0.05) is 38.6 Å². The van der Waals surface area contributed by atoms with Gasteiger partial charge >= 0.3 is 0 Å². The molecule has 138 valence electrons. The minimum Gasteiger partial charge on any atom is -0.497 e. The summed E-state index contributed by atoms with van der Waals surface area (Å²) in [5, 5.41) is 0. The third kappa shape index (κ3) is 4.65. The Hall–Kier alpha value is -2.76. The van der Waals surface area contributed by atoms with E-state index in [9.17, 15) is 9.59 Å². The summed E-state index contributed by atoms with van der Waals surface area (Å²) in [5.41, 5.74) is 1.93. The van der Waals surface area contributed by atoms with Crippen LogP contribution in [0.3, 0.4) is 0 Å². The van der Waals surface area contributed by atoms with Crippen LogP contribution in [0, 0.1) is 0 Å². The summed E-state index contributed by atoms with van der Waals surface area (Å²) in [6.45, 7) is 2.57. The summed E-state index contributed by atoms with van der Waals surface area (Å²) in [6.07, 6.45) is 5.24. The van der Waals surface area contributed by atoms with Crippen molar-refractivity contribution in [3.05, 3.63) is 53.9 Å². The van der Waals surface area contributed by atoms with Crippen molar-refractivity contribution in [3.8, 4) is 5.75 Å². The quantitative estimate of drug-likeness (QED) is 0.890. The van der Waals surface area contributed by atoms with Crippen LogP contribution in [0.5, 0.6) is 5.75 Å². The number of nitrogens with zero attached hydrogens (tertiary/aromatic N) is 2. The van der Waals surface area contributed by atoms with Crippen LogP contribution in [0.2, 0.25) is 0 Å². The molecule has 0 spiro atoms. The summed E-state index contributed by atoms with van der Waals surface area (Å²) in [5.74, 6) is 0.970. The van der Waals surface area contributed by atoms with Gasteiger partial charge in [-0.15, -0.1) is 0 Å². The smallest absolute Gasteiger partial charge is 0.227 e. The Balaban J connectivity index is 1.54. The lowest BCUT2D eigenvalue weighted by molar-refractivity contribution is -0.132. The lowest BCUT2D eigenvalue weighted by Crippen LogP contribution is -2.38. The van der Waals surface area contributed by atoms with Crippen molar-refractivity contribution in [3.63, 3.8) is 0 Å². The minimum absolute atomic E-state index is 0.0955. The average Bonchev–Trinajstić information content (AvgIpc) is 3.02. The Kier molecular flexibility index (Phi) is 5.94. The van der Waals surface area contributed by atoms with E-state index >= 15 is 0 Å². The van der Waals surface area contributed by atoms with Crippen molar-refractivity contribution in [1.29, 1.82) is 0 Å². The molecular weight excluding hydrogens is 330 g/mol. The van der Waals surface area contributed by atoms with Gasteiger partial charge in [-0.25, -0.2) is 0 Å². The fourth-order valence-corrected chi connectivity index (χ4v) is 3.24. The number of carbonyl (C=O) groups is 2. The second-order valence-electron chi connectivity index (χ2n) is 6.54. The van der Waals surface area contributed by atoms with E-state index in [0.717, 1.165) is 23.3 Å². The molecule has 1 aromatic carbocycles. The van der Waals surface area contributed by atoms with Crippen molar-refractivity contribution in [1.82, 2.24) is 14.8 Å². The maximum atomic E-state index is 12.6. The number of amides is 2. The zero-order valence-electron chi connectivity index (χ0n) is 15.1. The Morgan fingerprint density at radius 1 is 1.00 bits per heavy atom. The Bertz CT molecular complexity index is 743. The number of hydrogen-bond acceptors (Lipinski definition) is 3. The standard InChI is InChI=1S/C20H25N3O3/c1-26-18-5-2-4-16(12-18)13-19(24)22-8-3-9-23(11-10-22)20(25)14-17-6-7-21-15-17/h2,4-7,12,15,21H,3,8-11,13-14H2,1H3. The average molecular weight is 355 g/mol. The predicted molar refractivity (Wildman–Crippen MR) is 99.0 cm³/mol. The molecule has 0 aliphatic carbocycles. The third-order valence-corrected chi connectivity index (χ3v) is 4.71. The largest absolute Gasteiger partial charge is 0.497 e. The van der Waals surface area contributed by atoms with Crippen LogP contribution in [-0.4, -0.2) is 59.9 Å². The number of benzene rings is 1. The van der Waals surface area contributed by atoms with Gasteiger partial charge in [-0.3, -0.25) is 9.59 Å². The van der Waals surface area contributed by atoms with E-state index in [2.05, 4.69) is 4.98 Å². The predicted octanol–water partition coefficient (Wildman–Crippen LogP) is 1.87. The van der Waals surface area contributed by atoms with Crippen LogP contribution in [0.1, 0.15) is 17.5 Å². The van der Waals surface area contributed by atoms with Crippen molar-refractivity contribution < 1.29 is 14.3 Å². The molecule has 0 atom stereocenters. The van der Waals surface area contributed by atoms with Gasteiger partial charge in [0.1, 0.15) is 5.75 Å². The maximum absolute atomic E-state index is 12.6. The molecular formula is C20H25N3O3. The van der Waals surface area contributed by atoms with Gasteiger partial charge in [-0.1, -0.05) is 12.1 Å². The van der Waals surface area contributed by atoms with Gasteiger partial charge in [0.05, 0.1) is 20.0 Å². The molecule has 1 N–H and O–H groups in total. The lowest BCUT2D eigenvalue weighted by Gasteiger charge is -2.22. The van der Waals surface area contributed by atoms with Crippen molar-refractivity contribution >= 4 is 11.8 Å². The molecule has 1 aliphatic rings. The SMILES string of the molecule is COc1cccc(CC(=O)N2CCCN(C(=O)Cc3cc[nH]c3)CC2)c1. The number of hydrogen-bond donors (Lipinski definition) is 1. The summed E-state index contributed by atoms with van der Waals surface area (Å²) in [7, 11) is 1.62. The normalized spacial score (nSPS) is 14.8. The van der Waals surface area contributed by atoms with Gasteiger partial charge in [-0.2, -0.15) is 0 Å². The molecule has 3 rings (SSSR count). The van der Waals surface area contributed by atoms with E-state index < -0.39 is 0 Å². The van der Waals surface area contributed by atoms with Crippen molar-refractivity contribution in [2.24, 2.45) is 0 Å². The number of aromatic amines is 1. The van der Waals surface area contributed by atoms with Crippen LogP contribution in [0.25, 0.3) is 0 Å².